The van der Waals surface area contributed by atoms with E-state index in [1.807, 2.05) is 45.3 Å². The molecule has 4 unspecified atom stereocenters. The van der Waals surface area contributed by atoms with E-state index in [-0.39, 0.29) is 5.60 Å². The maximum absolute atomic E-state index is 7.83. The van der Waals surface area contributed by atoms with E-state index in [2.05, 4.69) is 120 Å². The lowest BCUT2D eigenvalue weighted by atomic mass is 9.73. The number of ether oxygens (including phenoxy) is 2. The first-order valence-corrected chi connectivity index (χ1v) is 33.4. The summed E-state index contributed by atoms with van der Waals surface area (Å²) in [4.78, 5) is 8.97. The van der Waals surface area contributed by atoms with Gasteiger partial charge in [0.05, 0.1) is 43.0 Å². The van der Waals surface area contributed by atoms with E-state index in [0.717, 1.165) is 77.7 Å². The van der Waals surface area contributed by atoms with Gasteiger partial charge in [-0.1, -0.05) is 182 Å². The molecule has 0 radical (unpaired) electrons. The summed E-state index contributed by atoms with van der Waals surface area (Å²) in [6.45, 7) is 18.9. The number of fused-ring (bicyclic) bond motifs is 8. The molecular formula is C62H78N4O2S6. The van der Waals surface area contributed by atoms with E-state index in [1.165, 1.54) is 170 Å². The van der Waals surface area contributed by atoms with Crippen LogP contribution in [0.1, 0.15) is 195 Å². The van der Waals surface area contributed by atoms with Gasteiger partial charge in [0.15, 0.2) is 0 Å². The highest BCUT2D eigenvalue weighted by atomic mass is 32.1. The summed E-state index contributed by atoms with van der Waals surface area (Å²) in [6.07, 6.45) is 23.7. The summed E-state index contributed by atoms with van der Waals surface area (Å²) in [5.41, 5.74) is 9.37. The standard InChI is InChI=1S/C62H78N4O2S6/c1-9-17-22-39(13-5)35-61(36-40(14-6)23-18-10-2)46-32-52(70-57(46)59-49(67-61)30-31-69-59)44-28-29-45(56-55(44)65-74-66-56)53-34-50-60(72-53)58-47(33-51(71-58)43-26-21-27-48-54(43)64-73-63-48)62(68-50,37-41(15-7)24-19-11-3)38-42(16-8)25-20-12-4/h21,26-34,39-42H,9-20,22-25,35-38H2,1-8H3. The zero-order valence-electron chi connectivity index (χ0n) is 45.3. The molecule has 0 bridgehead atoms. The molecule has 2 aliphatic heterocycles. The average molecular weight is 1100 g/mol. The topological polar surface area (TPSA) is 70.0 Å². The number of benzene rings is 2. The Kier molecular flexibility index (Phi) is 17.5. The summed E-state index contributed by atoms with van der Waals surface area (Å²) < 4.78 is 35.1. The first kappa shape index (κ1) is 53.9. The highest BCUT2D eigenvalue weighted by Gasteiger charge is 2.48. The van der Waals surface area contributed by atoms with Crippen LogP contribution < -0.4 is 9.47 Å². The van der Waals surface area contributed by atoms with Crippen molar-refractivity contribution in [2.24, 2.45) is 23.7 Å². The van der Waals surface area contributed by atoms with Crippen LogP contribution in [0.2, 0.25) is 0 Å². The molecular weight excluding hydrogens is 1030 g/mol. The van der Waals surface area contributed by atoms with Crippen molar-refractivity contribution in [1.82, 2.24) is 17.5 Å². The van der Waals surface area contributed by atoms with Gasteiger partial charge in [-0.15, -0.1) is 45.3 Å². The first-order valence-electron chi connectivity index (χ1n) is 28.6. The maximum atomic E-state index is 7.83. The number of thiophene rings is 4. The molecule has 0 saturated heterocycles. The van der Waals surface area contributed by atoms with Gasteiger partial charge in [0, 0.05) is 42.4 Å². The molecule has 6 aromatic heterocycles. The lowest BCUT2D eigenvalue weighted by Gasteiger charge is -2.42. The highest BCUT2D eigenvalue weighted by molar-refractivity contribution is 7.26. The van der Waals surface area contributed by atoms with E-state index < -0.39 is 5.60 Å². The summed E-state index contributed by atoms with van der Waals surface area (Å²) in [5, 5.41) is 2.24. The van der Waals surface area contributed by atoms with Crippen LogP contribution in [0.5, 0.6) is 11.5 Å². The van der Waals surface area contributed by atoms with Gasteiger partial charge >= 0.3 is 0 Å². The molecule has 10 rings (SSSR count). The molecule has 0 aliphatic carbocycles. The molecule has 0 saturated carbocycles. The third-order valence-corrected chi connectivity index (χ3v) is 22.7. The fourth-order valence-corrected chi connectivity index (χ4v) is 18.5. The minimum absolute atomic E-state index is 0.365. The molecule has 394 valence electrons. The molecule has 8 heterocycles. The smallest absolute Gasteiger partial charge is 0.140 e. The third-order valence-electron chi connectivity index (χ3n) is 16.9. The molecule has 74 heavy (non-hydrogen) atoms. The van der Waals surface area contributed by atoms with Crippen molar-refractivity contribution in [3.63, 3.8) is 0 Å². The van der Waals surface area contributed by atoms with Crippen LogP contribution >= 0.6 is 68.8 Å². The minimum atomic E-state index is -0.437. The van der Waals surface area contributed by atoms with E-state index in [1.54, 1.807) is 0 Å². The van der Waals surface area contributed by atoms with E-state index >= 15 is 0 Å². The monoisotopic (exact) mass is 1100 g/mol. The van der Waals surface area contributed by atoms with Gasteiger partial charge in [-0.05, 0) is 85.1 Å². The van der Waals surface area contributed by atoms with Crippen LogP contribution in [0, 0.1) is 23.7 Å². The normalized spacial score (nSPS) is 18.6. The van der Waals surface area contributed by atoms with E-state index in [0.29, 0.717) is 23.7 Å². The van der Waals surface area contributed by atoms with Crippen molar-refractivity contribution in [1.29, 1.82) is 0 Å². The van der Waals surface area contributed by atoms with Gasteiger partial charge in [0.1, 0.15) is 44.8 Å². The summed E-state index contributed by atoms with van der Waals surface area (Å²) in [7, 11) is 0. The number of nitrogens with zero attached hydrogens (tertiary/aromatic N) is 4. The zero-order valence-corrected chi connectivity index (χ0v) is 50.2. The largest absolute Gasteiger partial charge is 0.481 e. The first-order chi connectivity index (χ1) is 36.2. The quantitative estimate of drug-likeness (QED) is 0.0511. The van der Waals surface area contributed by atoms with Crippen molar-refractivity contribution in [3.05, 3.63) is 71.1 Å². The van der Waals surface area contributed by atoms with Gasteiger partial charge in [-0.2, -0.15) is 17.5 Å². The third kappa shape index (κ3) is 10.6. The highest BCUT2D eigenvalue weighted by Crippen LogP contribution is 2.61. The second-order valence-corrected chi connectivity index (χ2v) is 27.0. The van der Waals surface area contributed by atoms with Gasteiger partial charge in [0.25, 0.3) is 0 Å². The van der Waals surface area contributed by atoms with Crippen molar-refractivity contribution in [2.45, 2.75) is 195 Å². The number of aromatic nitrogens is 4. The van der Waals surface area contributed by atoms with Crippen molar-refractivity contribution in [2.75, 3.05) is 0 Å². The molecule has 8 aromatic rings. The van der Waals surface area contributed by atoms with Crippen molar-refractivity contribution in [3.8, 4) is 62.3 Å². The number of hydrogen-bond acceptors (Lipinski definition) is 12. The Balaban J connectivity index is 1.09. The number of rotatable bonds is 27. The zero-order chi connectivity index (χ0) is 51.4. The second-order valence-electron chi connectivity index (χ2n) is 21.9. The fourth-order valence-electron chi connectivity index (χ4n) is 12.6. The Hall–Kier alpha value is -3.52. The lowest BCUT2D eigenvalue weighted by molar-refractivity contribution is 0.00782. The van der Waals surface area contributed by atoms with Crippen LogP contribution in [0.3, 0.4) is 0 Å². The van der Waals surface area contributed by atoms with Crippen LogP contribution in [0.4, 0.5) is 0 Å². The van der Waals surface area contributed by atoms with Gasteiger partial charge in [-0.25, -0.2) is 0 Å². The van der Waals surface area contributed by atoms with E-state index in [9.17, 15) is 0 Å². The minimum Gasteiger partial charge on any atom is -0.481 e. The van der Waals surface area contributed by atoms with E-state index in [4.69, 9.17) is 22.6 Å². The summed E-state index contributed by atoms with van der Waals surface area (Å²) >= 11 is 10.2. The van der Waals surface area contributed by atoms with Gasteiger partial charge in [-0.3, -0.25) is 0 Å². The van der Waals surface area contributed by atoms with Crippen LogP contribution in [0.25, 0.3) is 72.9 Å². The summed E-state index contributed by atoms with van der Waals surface area (Å²) in [6, 6.07) is 20.8. The Morgan fingerprint density at radius 2 is 0.878 bits per heavy atom. The fraction of sp³-hybridized carbons (Fsp3) is 0.548. The maximum Gasteiger partial charge on any atom is 0.140 e. The number of hydrogen-bond donors (Lipinski definition) is 0. The summed E-state index contributed by atoms with van der Waals surface area (Å²) in [5.74, 6) is 4.47. The molecule has 2 aliphatic rings. The molecule has 0 N–H and O–H groups in total. The van der Waals surface area contributed by atoms with Gasteiger partial charge < -0.3 is 9.47 Å². The Morgan fingerprint density at radius 3 is 1.38 bits per heavy atom. The van der Waals surface area contributed by atoms with Crippen LogP contribution in [-0.2, 0) is 11.2 Å². The Bertz CT molecular complexity index is 3080. The molecule has 2 aromatic carbocycles. The van der Waals surface area contributed by atoms with Crippen LogP contribution in [-0.4, -0.2) is 17.5 Å². The second kappa shape index (κ2) is 24.0. The molecule has 12 heteroatoms. The van der Waals surface area contributed by atoms with Crippen molar-refractivity contribution < 1.29 is 9.47 Å². The number of unbranched alkanes of at least 4 members (excludes halogenated alkanes) is 4. The predicted octanol–water partition coefficient (Wildman–Crippen LogP) is 21.9. The Labute approximate surface area is 466 Å². The molecule has 0 spiro atoms. The van der Waals surface area contributed by atoms with Crippen molar-refractivity contribution >= 4 is 90.9 Å². The average Bonchev–Trinajstić information content (AvgIpc) is 4.30. The molecule has 0 fully saturated rings. The molecule has 6 nitrogen and oxygen atoms in total. The Morgan fingerprint density at radius 1 is 0.446 bits per heavy atom. The predicted molar refractivity (Wildman–Crippen MR) is 323 cm³/mol. The SMILES string of the molecule is CCCCC(CC)CC1(CC(CC)CCCC)Oc2cc(-c3ccc(-c4cc5c(s4)-c4sccc4OC5(CC(CC)CCCC)CC(CC)CCCC)c4nsnc34)sc2-c2sc(-c3cccc4nsnc34)cc21. The van der Waals surface area contributed by atoms with Gasteiger partial charge in [0.2, 0.25) is 0 Å². The lowest BCUT2D eigenvalue weighted by Crippen LogP contribution is -2.39. The molecule has 4 atom stereocenters. The van der Waals surface area contributed by atoms with Crippen LogP contribution in [0.15, 0.2) is 60.0 Å². The molecule has 0 amide bonds.